The monoisotopic (exact) mass is 936 g/mol. The van der Waals surface area contributed by atoms with E-state index in [2.05, 4.69) is 19.2 Å². The minimum absolute atomic E-state index is 0.0675. The summed E-state index contributed by atoms with van der Waals surface area (Å²) in [6.45, 7) is 2.64. The average Bonchev–Trinajstić information content (AvgIpc) is 3.30. The Kier molecular flexibility index (Phi) is 34.9. The highest BCUT2D eigenvalue weighted by Crippen LogP contribution is 2.31. The molecular weight excluding hydrogens is 839 g/mol. The predicted octanol–water partition coefficient (Wildman–Crippen LogP) is 5.97. The molecule has 13 atom stereocenters. The maximum absolute atomic E-state index is 13.3. The van der Waals surface area contributed by atoms with Crippen molar-refractivity contribution in [2.45, 2.75) is 293 Å². The van der Waals surface area contributed by atoms with E-state index < -0.39 is 99.5 Å². The zero-order chi connectivity index (χ0) is 47.7. The van der Waals surface area contributed by atoms with Gasteiger partial charge in [0.25, 0.3) is 0 Å². The van der Waals surface area contributed by atoms with Gasteiger partial charge in [0.2, 0.25) is 5.91 Å². The van der Waals surface area contributed by atoms with Gasteiger partial charge in [0.05, 0.1) is 44.2 Å². The number of ether oxygens (including phenoxy) is 4. The van der Waals surface area contributed by atoms with Gasteiger partial charge in [0.15, 0.2) is 12.6 Å². The van der Waals surface area contributed by atoms with Gasteiger partial charge in [-0.05, 0) is 12.8 Å². The Morgan fingerprint density at radius 2 is 1.09 bits per heavy atom. The van der Waals surface area contributed by atoms with E-state index in [1.54, 1.807) is 0 Å². The number of nitrogens with one attached hydrogen (secondary N) is 1. The number of unbranched alkanes of at least 4 members (excludes halogenated alkanes) is 25. The molecule has 10 N–H and O–H groups in total. The molecule has 3 unspecified atom stereocenters. The molecule has 2 fully saturated rings. The Balaban J connectivity index is 1.93. The van der Waals surface area contributed by atoms with E-state index in [9.17, 15) is 50.8 Å². The minimum atomic E-state index is -1.69. The Morgan fingerprint density at radius 1 is 0.615 bits per heavy atom. The second-order valence-electron chi connectivity index (χ2n) is 19.2. The molecule has 0 spiro atoms. The summed E-state index contributed by atoms with van der Waals surface area (Å²) >= 11 is 0. The van der Waals surface area contributed by atoms with Crippen LogP contribution in [0.2, 0.25) is 0 Å². The smallest absolute Gasteiger partial charge is 0.220 e. The Hall–Kier alpha value is -1.05. The Labute approximate surface area is 392 Å². The summed E-state index contributed by atoms with van der Waals surface area (Å²) in [6.07, 6.45) is 15.7. The Bertz CT molecular complexity index is 1130. The van der Waals surface area contributed by atoms with Crippen LogP contribution >= 0.6 is 0 Å². The van der Waals surface area contributed by atoms with Crippen molar-refractivity contribution in [2.75, 3.05) is 19.8 Å². The van der Waals surface area contributed by atoms with Crippen molar-refractivity contribution in [2.24, 2.45) is 0 Å². The molecule has 0 radical (unpaired) electrons. The van der Waals surface area contributed by atoms with Gasteiger partial charge in [-0.2, -0.15) is 0 Å². The number of hydrogen-bond donors (Lipinski definition) is 10. The summed E-state index contributed by atoms with van der Waals surface area (Å²) in [7, 11) is 0. The first-order valence-corrected chi connectivity index (χ1v) is 26.3. The van der Waals surface area contributed by atoms with E-state index in [4.69, 9.17) is 18.9 Å². The van der Waals surface area contributed by atoms with Gasteiger partial charge in [-0.25, -0.2) is 0 Å². The molecule has 0 aromatic rings. The maximum Gasteiger partial charge on any atom is 0.220 e. The second kappa shape index (κ2) is 37.8. The lowest BCUT2D eigenvalue weighted by atomic mass is 9.96. The molecule has 15 nitrogen and oxygen atoms in total. The van der Waals surface area contributed by atoms with Gasteiger partial charge in [-0.1, -0.05) is 181 Å². The standard InChI is InChI=1S/C50H97NO14/c1-3-5-7-9-11-13-15-17-18-19-21-23-25-27-29-31-43(57)51-38(45(58)39(55)30-28-26-24-22-20-16-14-12-10-8-6-4-2)36-62-50-48(61)49(47(60)42(35-53)64-50)65-44-33-37(54)32-41(63-44)46(59)40(56)34-52/h37-42,44-50,52-56,58-61H,3-36H2,1-2H3,(H,51,57)/t37?,38-,39+,40-,41+,42?,44+,45-,46+,47-,48?,49-,50+/m0/s1. The number of aliphatic hydroxyl groups is 9. The molecule has 0 aliphatic carbocycles. The summed E-state index contributed by atoms with van der Waals surface area (Å²) < 4.78 is 23.3. The lowest BCUT2D eigenvalue weighted by Crippen LogP contribution is -2.62. The third-order valence-corrected chi connectivity index (χ3v) is 13.3. The van der Waals surface area contributed by atoms with Crippen LogP contribution in [-0.4, -0.2) is 151 Å². The maximum atomic E-state index is 13.3. The first-order valence-electron chi connectivity index (χ1n) is 26.3. The first-order chi connectivity index (χ1) is 31.5. The highest BCUT2D eigenvalue weighted by Gasteiger charge is 2.48. The van der Waals surface area contributed by atoms with Crippen molar-refractivity contribution < 1.29 is 69.7 Å². The molecule has 0 bridgehead atoms. The van der Waals surface area contributed by atoms with E-state index in [0.29, 0.717) is 19.3 Å². The lowest BCUT2D eigenvalue weighted by Gasteiger charge is -2.45. The largest absolute Gasteiger partial charge is 0.394 e. The van der Waals surface area contributed by atoms with Gasteiger partial charge in [-0.3, -0.25) is 4.79 Å². The molecule has 0 aromatic carbocycles. The van der Waals surface area contributed by atoms with Crippen molar-refractivity contribution in [1.82, 2.24) is 5.32 Å². The van der Waals surface area contributed by atoms with Crippen LogP contribution in [0, 0.1) is 0 Å². The number of rotatable bonds is 41. The van der Waals surface area contributed by atoms with Crippen LogP contribution in [0.25, 0.3) is 0 Å². The fraction of sp³-hybridized carbons (Fsp3) is 0.980. The molecule has 2 aliphatic rings. The van der Waals surface area contributed by atoms with E-state index in [1.165, 1.54) is 122 Å². The van der Waals surface area contributed by atoms with Gasteiger partial charge in [-0.15, -0.1) is 0 Å². The number of carbonyl (C=O) groups is 1. The van der Waals surface area contributed by atoms with Crippen LogP contribution in [0.15, 0.2) is 0 Å². The molecule has 386 valence electrons. The molecule has 65 heavy (non-hydrogen) atoms. The van der Waals surface area contributed by atoms with Crippen LogP contribution in [0.5, 0.6) is 0 Å². The van der Waals surface area contributed by atoms with Gasteiger partial charge in [0, 0.05) is 19.3 Å². The SMILES string of the molecule is CCCCCCCCCCCCCCCCCC(=O)N[C@@H](CO[C@@H]1OC(CO)[C@H](O)[C@H](O[C@@H]2CC(O)C[C@H]([C@H](O)[C@@H](O)CO)O2)C1O)[C@H](O)[C@H](O)CCCCCCCCCCCCCC. The molecule has 15 heteroatoms. The van der Waals surface area contributed by atoms with E-state index in [0.717, 1.165) is 38.5 Å². The zero-order valence-electron chi connectivity index (χ0n) is 40.6. The molecule has 0 saturated carbocycles. The minimum Gasteiger partial charge on any atom is -0.394 e. The van der Waals surface area contributed by atoms with E-state index >= 15 is 0 Å². The molecule has 2 aliphatic heterocycles. The lowest BCUT2D eigenvalue weighted by molar-refractivity contribution is -0.341. The fourth-order valence-electron chi connectivity index (χ4n) is 9.08. The van der Waals surface area contributed by atoms with Crippen LogP contribution < -0.4 is 5.32 Å². The third-order valence-electron chi connectivity index (χ3n) is 13.3. The molecule has 2 heterocycles. The molecule has 1 amide bonds. The number of aliphatic hydroxyl groups excluding tert-OH is 9. The third kappa shape index (κ3) is 25.9. The Morgan fingerprint density at radius 3 is 1.57 bits per heavy atom. The van der Waals surface area contributed by atoms with Crippen molar-refractivity contribution in [1.29, 1.82) is 0 Å². The van der Waals surface area contributed by atoms with Crippen LogP contribution in [0.3, 0.4) is 0 Å². The number of amides is 1. The summed E-state index contributed by atoms with van der Waals surface area (Å²) in [4.78, 5) is 13.3. The summed E-state index contributed by atoms with van der Waals surface area (Å²) in [6, 6.07) is -1.09. The normalized spacial score (nSPS) is 26.1. The first kappa shape index (κ1) is 60.1. The highest BCUT2D eigenvalue weighted by atomic mass is 16.7. The van der Waals surface area contributed by atoms with E-state index in [-0.39, 0.29) is 25.2 Å². The summed E-state index contributed by atoms with van der Waals surface area (Å²) in [5, 5.41) is 98.0. The molecular formula is C50H97NO14. The second-order valence-corrected chi connectivity index (χ2v) is 19.2. The van der Waals surface area contributed by atoms with Crippen LogP contribution in [0.1, 0.15) is 213 Å². The quantitative estimate of drug-likeness (QED) is 0.0318. The summed E-state index contributed by atoms with van der Waals surface area (Å²) in [5.74, 6) is -0.309. The van der Waals surface area contributed by atoms with Crippen molar-refractivity contribution in [3.8, 4) is 0 Å². The molecule has 2 rings (SSSR count). The van der Waals surface area contributed by atoms with Gasteiger partial charge >= 0.3 is 0 Å². The van der Waals surface area contributed by atoms with Crippen molar-refractivity contribution in [3.63, 3.8) is 0 Å². The fourth-order valence-corrected chi connectivity index (χ4v) is 9.08. The highest BCUT2D eigenvalue weighted by molar-refractivity contribution is 5.76. The molecule has 2 saturated heterocycles. The van der Waals surface area contributed by atoms with Crippen molar-refractivity contribution >= 4 is 5.91 Å². The van der Waals surface area contributed by atoms with E-state index in [1.807, 2.05) is 0 Å². The van der Waals surface area contributed by atoms with Crippen LogP contribution in [-0.2, 0) is 23.7 Å². The zero-order valence-corrected chi connectivity index (χ0v) is 40.6. The van der Waals surface area contributed by atoms with Crippen molar-refractivity contribution in [3.05, 3.63) is 0 Å². The summed E-state index contributed by atoms with van der Waals surface area (Å²) in [5.41, 5.74) is 0. The topological polar surface area (TPSA) is 248 Å². The van der Waals surface area contributed by atoms with Crippen LogP contribution in [0.4, 0.5) is 0 Å². The molecule has 0 aromatic heterocycles. The van der Waals surface area contributed by atoms with Gasteiger partial charge in [0.1, 0.15) is 42.7 Å². The predicted molar refractivity (Wildman–Crippen MR) is 251 cm³/mol. The number of carbonyl (C=O) groups excluding carboxylic acids is 1. The number of hydrogen-bond acceptors (Lipinski definition) is 14. The average molecular weight is 936 g/mol. The van der Waals surface area contributed by atoms with Gasteiger partial charge < -0.3 is 70.2 Å².